The quantitative estimate of drug-likeness (QED) is 0.841. The lowest BCUT2D eigenvalue weighted by Gasteiger charge is -2.32. The first-order chi connectivity index (χ1) is 9.06. The van der Waals surface area contributed by atoms with Crippen LogP contribution in [0, 0.1) is 5.82 Å². The van der Waals surface area contributed by atoms with E-state index < -0.39 is 0 Å². The molecule has 0 spiro atoms. The van der Waals surface area contributed by atoms with Crippen molar-refractivity contribution in [1.82, 2.24) is 4.90 Å². The Morgan fingerprint density at radius 1 is 1.26 bits per heavy atom. The van der Waals surface area contributed by atoms with Gasteiger partial charge in [-0.2, -0.15) is 0 Å². The minimum absolute atomic E-state index is 0.0250. The molecular weight excluding hydrogens is 245 g/mol. The maximum Gasteiger partial charge on any atom is 0.253 e. The molecule has 0 saturated carbocycles. The zero-order valence-electron chi connectivity index (χ0n) is 11.4. The summed E-state index contributed by atoms with van der Waals surface area (Å²) in [6.45, 7) is 5.45. The second-order valence-electron chi connectivity index (χ2n) is 5.18. The third-order valence-electron chi connectivity index (χ3n) is 3.28. The van der Waals surface area contributed by atoms with Crippen LogP contribution in [0.4, 0.5) is 4.39 Å². The van der Waals surface area contributed by atoms with E-state index in [9.17, 15) is 9.18 Å². The number of carbonyl (C=O) groups is 1. The van der Waals surface area contributed by atoms with Crippen molar-refractivity contribution >= 4 is 5.91 Å². The van der Waals surface area contributed by atoms with Crippen LogP contribution in [0.3, 0.4) is 0 Å². The van der Waals surface area contributed by atoms with E-state index in [-0.39, 0.29) is 23.9 Å². The first kappa shape index (κ1) is 14.0. The molecule has 1 fully saturated rings. The van der Waals surface area contributed by atoms with Crippen LogP contribution in [-0.4, -0.2) is 36.1 Å². The second kappa shape index (κ2) is 6.15. The third kappa shape index (κ3) is 3.77. The lowest BCUT2D eigenvalue weighted by atomic mass is 10.1. The molecule has 0 N–H and O–H groups in total. The molecule has 0 bridgehead atoms. The van der Waals surface area contributed by atoms with Crippen molar-refractivity contribution < 1.29 is 13.9 Å². The molecule has 1 amide bonds. The molecule has 0 aromatic heterocycles. The molecule has 0 radical (unpaired) electrons. The first-order valence-corrected chi connectivity index (χ1v) is 6.76. The average Bonchev–Trinajstić information content (AvgIpc) is 2.39. The Bertz CT molecular complexity index is 422. The summed E-state index contributed by atoms with van der Waals surface area (Å²) in [7, 11) is 0. The first-order valence-electron chi connectivity index (χ1n) is 6.76. The average molecular weight is 265 g/mol. The minimum Gasteiger partial charge on any atom is -0.375 e. The third-order valence-corrected chi connectivity index (χ3v) is 3.28. The molecule has 4 heteroatoms. The normalized spacial score (nSPS) is 16.9. The molecule has 1 aliphatic rings. The summed E-state index contributed by atoms with van der Waals surface area (Å²) in [5.41, 5.74) is 0.546. The van der Waals surface area contributed by atoms with E-state index in [2.05, 4.69) is 0 Å². The lowest BCUT2D eigenvalue weighted by molar-refractivity contribution is -0.0236. The van der Waals surface area contributed by atoms with Gasteiger partial charge in [-0.25, -0.2) is 4.39 Å². The summed E-state index contributed by atoms with van der Waals surface area (Å²) in [6.07, 6.45) is 2.21. The van der Waals surface area contributed by atoms with E-state index in [0.29, 0.717) is 18.7 Å². The van der Waals surface area contributed by atoms with Crippen molar-refractivity contribution in [2.24, 2.45) is 0 Å². The van der Waals surface area contributed by atoms with E-state index in [0.717, 1.165) is 12.8 Å². The van der Waals surface area contributed by atoms with Gasteiger partial charge in [-0.3, -0.25) is 4.79 Å². The Kier molecular flexibility index (Phi) is 4.53. The van der Waals surface area contributed by atoms with E-state index >= 15 is 0 Å². The van der Waals surface area contributed by atoms with Crippen molar-refractivity contribution in [1.29, 1.82) is 0 Å². The van der Waals surface area contributed by atoms with Crippen LogP contribution >= 0.6 is 0 Å². The van der Waals surface area contributed by atoms with E-state index in [1.54, 1.807) is 0 Å². The molecule has 1 aromatic carbocycles. The van der Waals surface area contributed by atoms with Crippen LogP contribution in [-0.2, 0) is 4.74 Å². The van der Waals surface area contributed by atoms with Crippen molar-refractivity contribution in [2.45, 2.75) is 38.9 Å². The van der Waals surface area contributed by atoms with Crippen LogP contribution in [0.1, 0.15) is 37.0 Å². The van der Waals surface area contributed by atoms with Gasteiger partial charge < -0.3 is 9.64 Å². The van der Waals surface area contributed by atoms with Crippen LogP contribution in [0.25, 0.3) is 0 Å². The Hall–Kier alpha value is -1.42. The van der Waals surface area contributed by atoms with Crippen LogP contribution in [0.5, 0.6) is 0 Å². The second-order valence-corrected chi connectivity index (χ2v) is 5.18. The standard InChI is InChI=1S/C15H20FNO2/c1-11(2)19-14-7-9-17(10-8-14)15(18)12-3-5-13(16)6-4-12/h3-6,11,14H,7-10H2,1-2H3. The summed E-state index contributed by atoms with van der Waals surface area (Å²) in [4.78, 5) is 14.0. The van der Waals surface area contributed by atoms with Crippen molar-refractivity contribution in [2.75, 3.05) is 13.1 Å². The van der Waals surface area contributed by atoms with Gasteiger partial charge >= 0.3 is 0 Å². The number of ether oxygens (including phenoxy) is 1. The van der Waals surface area contributed by atoms with E-state index in [1.165, 1.54) is 24.3 Å². The molecule has 1 saturated heterocycles. The maximum absolute atomic E-state index is 12.8. The highest BCUT2D eigenvalue weighted by Gasteiger charge is 2.24. The maximum atomic E-state index is 12.8. The van der Waals surface area contributed by atoms with Crippen molar-refractivity contribution in [3.8, 4) is 0 Å². The summed E-state index contributed by atoms with van der Waals surface area (Å²) in [6, 6.07) is 5.71. The zero-order valence-corrected chi connectivity index (χ0v) is 11.4. The summed E-state index contributed by atoms with van der Waals surface area (Å²) < 4.78 is 18.6. The number of hydrogen-bond acceptors (Lipinski definition) is 2. The summed E-state index contributed by atoms with van der Waals surface area (Å²) in [5.74, 6) is -0.344. The number of nitrogens with zero attached hydrogens (tertiary/aromatic N) is 1. The van der Waals surface area contributed by atoms with Crippen LogP contribution in [0.15, 0.2) is 24.3 Å². The van der Waals surface area contributed by atoms with Crippen molar-refractivity contribution in [3.63, 3.8) is 0 Å². The number of hydrogen-bond donors (Lipinski definition) is 0. The molecule has 1 aromatic rings. The molecule has 0 atom stereocenters. The monoisotopic (exact) mass is 265 g/mol. The molecule has 104 valence electrons. The smallest absolute Gasteiger partial charge is 0.253 e. The van der Waals surface area contributed by atoms with Gasteiger partial charge in [0.25, 0.3) is 5.91 Å². The Morgan fingerprint density at radius 2 is 1.84 bits per heavy atom. The Balaban J connectivity index is 1.90. The fourth-order valence-electron chi connectivity index (χ4n) is 2.35. The van der Waals surface area contributed by atoms with Crippen LogP contribution in [0.2, 0.25) is 0 Å². The number of carbonyl (C=O) groups excluding carboxylic acids is 1. The van der Waals surface area contributed by atoms with Crippen LogP contribution < -0.4 is 0 Å². The molecule has 0 aliphatic carbocycles. The van der Waals surface area contributed by atoms with Gasteiger partial charge in [-0.05, 0) is 51.0 Å². The van der Waals surface area contributed by atoms with Gasteiger partial charge in [0.1, 0.15) is 5.82 Å². The highest BCUT2D eigenvalue weighted by Crippen LogP contribution is 2.17. The van der Waals surface area contributed by atoms with Gasteiger partial charge in [0.2, 0.25) is 0 Å². The number of benzene rings is 1. The lowest BCUT2D eigenvalue weighted by Crippen LogP contribution is -2.41. The number of amides is 1. The molecular formula is C15H20FNO2. The van der Waals surface area contributed by atoms with Gasteiger partial charge in [0.05, 0.1) is 12.2 Å². The molecule has 3 nitrogen and oxygen atoms in total. The Morgan fingerprint density at radius 3 is 2.37 bits per heavy atom. The van der Waals surface area contributed by atoms with Gasteiger partial charge in [-0.1, -0.05) is 0 Å². The molecule has 1 aliphatic heterocycles. The molecule has 19 heavy (non-hydrogen) atoms. The predicted octanol–water partition coefficient (Wildman–Crippen LogP) is 2.86. The SMILES string of the molecule is CC(C)OC1CCN(C(=O)c2ccc(F)cc2)CC1. The van der Waals surface area contributed by atoms with Crippen molar-refractivity contribution in [3.05, 3.63) is 35.6 Å². The topological polar surface area (TPSA) is 29.5 Å². The van der Waals surface area contributed by atoms with Gasteiger partial charge in [-0.15, -0.1) is 0 Å². The number of likely N-dealkylation sites (tertiary alicyclic amines) is 1. The zero-order chi connectivity index (χ0) is 13.8. The summed E-state index contributed by atoms with van der Waals surface area (Å²) in [5, 5.41) is 0. The molecule has 1 heterocycles. The van der Waals surface area contributed by atoms with Gasteiger partial charge in [0.15, 0.2) is 0 Å². The predicted molar refractivity (Wildman–Crippen MR) is 71.5 cm³/mol. The number of halogens is 1. The highest BCUT2D eigenvalue weighted by atomic mass is 19.1. The number of piperidine rings is 1. The minimum atomic E-state index is -0.319. The van der Waals surface area contributed by atoms with E-state index in [1.807, 2.05) is 18.7 Å². The fourth-order valence-corrected chi connectivity index (χ4v) is 2.35. The number of rotatable bonds is 3. The largest absolute Gasteiger partial charge is 0.375 e. The summed E-state index contributed by atoms with van der Waals surface area (Å²) >= 11 is 0. The van der Waals surface area contributed by atoms with E-state index in [4.69, 9.17) is 4.74 Å². The van der Waals surface area contributed by atoms with Gasteiger partial charge in [0, 0.05) is 18.7 Å². The molecule has 2 rings (SSSR count). The fraction of sp³-hybridized carbons (Fsp3) is 0.533. The highest BCUT2D eigenvalue weighted by molar-refractivity contribution is 5.94. The molecule has 0 unspecified atom stereocenters. The Labute approximate surface area is 113 Å².